The third-order valence-electron chi connectivity index (χ3n) is 4.23. The van der Waals surface area contributed by atoms with Crippen molar-refractivity contribution in [1.29, 1.82) is 0 Å². The molecule has 16 heavy (non-hydrogen) atoms. The van der Waals surface area contributed by atoms with Crippen LogP contribution in [0.3, 0.4) is 0 Å². The van der Waals surface area contributed by atoms with E-state index in [9.17, 15) is 8.78 Å². The second-order valence-corrected chi connectivity index (χ2v) is 5.36. The Labute approximate surface area is 96.2 Å². The maximum atomic E-state index is 12.8. The summed E-state index contributed by atoms with van der Waals surface area (Å²) in [5.74, 6) is 0. The van der Waals surface area contributed by atoms with Gasteiger partial charge in [0.1, 0.15) is 0 Å². The fourth-order valence-electron chi connectivity index (χ4n) is 3.05. The van der Waals surface area contributed by atoms with Gasteiger partial charge in [0.25, 0.3) is 6.43 Å². The first-order valence-electron chi connectivity index (χ1n) is 6.43. The maximum Gasteiger partial charge on any atom is 0.256 e. The second kappa shape index (κ2) is 4.96. The Morgan fingerprint density at radius 1 is 1.06 bits per heavy atom. The Hall–Kier alpha value is -0.220. The summed E-state index contributed by atoms with van der Waals surface area (Å²) in [7, 11) is 0. The molecule has 1 aliphatic carbocycles. The van der Waals surface area contributed by atoms with Gasteiger partial charge >= 0.3 is 0 Å². The lowest BCUT2D eigenvalue weighted by atomic mass is 9.92. The van der Waals surface area contributed by atoms with Crippen LogP contribution in [-0.2, 0) is 0 Å². The van der Waals surface area contributed by atoms with E-state index in [1.165, 1.54) is 25.7 Å². The molecule has 0 aromatic rings. The van der Waals surface area contributed by atoms with Crippen molar-refractivity contribution in [1.82, 2.24) is 4.90 Å². The molecule has 4 heteroatoms. The van der Waals surface area contributed by atoms with Gasteiger partial charge in [-0.25, -0.2) is 8.78 Å². The van der Waals surface area contributed by atoms with Crippen LogP contribution in [0.4, 0.5) is 8.78 Å². The van der Waals surface area contributed by atoms with Crippen molar-refractivity contribution >= 4 is 0 Å². The molecule has 1 unspecified atom stereocenters. The molecule has 94 valence electrons. The van der Waals surface area contributed by atoms with E-state index in [0.717, 1.165) is 19.5 Å². The highest BCUT2D eigenvalue weighted by atomic mass is 19.3. The Kier molecular flexibility index (Phi) is 3.80. The lowest BCUT2D eigenvalue weighted by Gasteiger charge is -2.29. The molecule has 2 rings (SSSR count). The van der Waals surface area contributed by atoms with E-state index in [-0.39, 0.29) is 0 Å². The molecule has 1 atom stereocenters. The average molecular weight is 232 g/mol. The van der Waals surface area contributed by atoms with E-state index < -0.39 is 12.0 Å². The molecule has 0 spiro atoms. The van der Waals surface area contributed by atoms with Crippen molar-refractivity contribution in [2.75, 3.05) is 13.1 Å². The zero-order chi connectivity index (χ0) is 11.6. The van der Waals surface area contributed by atoms with Gasteiger partial charge in [-0.3, -0.25) is 0 Å². The molecule has 1 saturated carbocycles. The largest absolute Gasteiger partial charge is 0.320 e. The first-order valence-corrected chi connectivity index (χ1v) is 6.43. The lowest BCUT2D eigenvalue weighted by Crippen LogP contribution is -2.48. The summed E-state index contributed by atoms with van der Waals surface area (Å²) in [5.41, 5.74) is 4.56. The monoisotopic (exact) mass is 232 g/mol. The molecule has 0 radical (unpaired) electrons. The predicted octanol–water partition coefficient (Wildman–Crippen LogP) is 2.38. The van der Waals surface area contributed by atoms with Crippen LogP contribution in [0, 0.1) is 0 Å². The van der Waals surface area contributed by atoms with Gasteiger partial charge in [0.2, 0.25) is 0 Å². The topological polar surface area (TPSA) is 29.3 Å². The third-order valence-corrected chi connectivity index (χ3v) is 4.23. The van der Waals surface area contributed by atoms with E-state index in [2.05, 4.69) is 4.90 Å². The van der Waals surface area contributed by atoms with Crippen LogP contribution in [0.15, 0.2) is 0 Å². The highest BCUT2D eigenvalue weighted by molar-refractivity contribution is 4.92. The highest BCUT2D eigenvalue weighted by Gasteiger charge is 2.38. The number of hydrogen-bond donors (Lipinski definition) is 1. The number of alkyl halides is 2. The molecule has 2 nitrogen and oxygen atoms in total. The first kappa shape index (κ1) is 12.2. The lowest BCUT2D eigenvalue weighted by molar-refractivity contribution is 0.0437. The Balaban J connectivity index is 1.92. The minimum absolute atomic E-state index is 0.446. The molecular formula is C12H22F2N2. The SMILES string of the molecule is NC1(C(F)F)CCCN(C2CCCC2)CC1. The van der Waals surface area contributed by atoms with Crippen LogP contribution in [0.1, 0.15) is 44.9 Å². The Morgan fingerprint density at radius 2 is 1.75 bits per heavy atom. The molecule has 1 saturated heterocycles. The van der Waals surface area contributed by atoms with Crippen molar-refractivity contribution in [3.63, 3.8) is 0 Å². The zero-order valence-corrected chi connectivity index (χ0v) is 9.80. The molecule has 0 aromatic carbocycles. The molecule has 2 fully saturated rings. The van der Waals surface area contributed by atoms with E-state index in [1.807, 2.05) is 0 Å². The number of nitrogens with zero attached hydrogens (tertiary/aromatic N) is 1. The van der Waals surface area contributed by atoms with Gasteiger partial charge in [-0.05, 0) is 38.6 Å². The van der Waals surface area contributed by atoms with Gasteiger partial charge in [-0.1, -0.05) is 12.8 Å². The highest BCUT2D eigenvalue weighted by Crippen LogP contribution is 2.30. The normalized spacial score (nSPS) is 34.5. The molecule has 0 aromatic heterocycles. The van der Waals surface area contributed by atoms with Crippen LogP contribution in [0.5, 0.6) is 0 Å². The molecular weight excluding hydrogens is 210 g/mol. The minimum Gasteiger partial charge on any atom is -0.320 e. The summed E-state index contributed by atoms with van der Waals surface area (Å²) in [6.45, 7) is 1.71. The van der Waals surface area contributed by atoms with Crippen LogP contribution in [0.2, 0.25) is 0 Å². The van der Waals surface area contributed by atoms with Crippen molar-refractivity contribution in [3.05, 3.63) is 0 Å². The smallest absolute Gasteiger partial charge is 0.256 e. The van der Waals surface area contributed by atoms with Gasteiger partial charge in [0.15, 0.2) is 0 Å². The fourth-order valence-corrected chi connectivity index (χ4v) is 3.05. The van der Waals surface area contributed by atoms with Crippen molar-refractivity contribution in [2.24, 2.45) is 5.73 Å². The number of nitrogens with two attached hydrogens (primary N) is 1. The van der Waals surface area contributed by atoms with Crippen LogP contribution < -0.4 is 5.73 Å². The van der Waals surface area contributed by atoms with Gasteiger partial charge in [-0.2, -0.15) is 0 Å². The number of hydrogen-bond acceptors (Lipinski definition) is 2. The van der Waals surface area contributed by atoms with Crippen LogP contribution >= 0.6 is 0 Å². The van der Waals surface area contributed by atoms with Crippen LogP contribution in [-0.4, -0.2) is 36.0 Å². The molecule has 0 bridgehead atoms. The maximum absolute atomic E-state index is 12.8. The molecule has 2 aliphatic rings. The molecule has 1 aliphatic heterocycles. The molecule has 2 N–H and O–H groups in total. The van der Waals surface area contributed by atoms with Crippen molar-refractivity contribution < 1.29 is 8.78 Å². The average Bonchev–Trinajstić information content (AvgIpc) is 2.69. The van der Waals surface area contributed by atoms with Gasteiger partial charge in [0, 0.05) is 12.6 Å². The summed E-state index contributed by atoms with van der Waals surface area (Å²) < 4.78 is 25.7. The van der Waals surface area contributed by atoms with Gasteiger partial charge < -0.3 is 10.6 Å². The number of halogens is 2. The standard InChI is InChI=1S/C12H22F2N2/c13-11(14)12(15)6-3-8-16(9-7-12)10-4-1-2-5-10/h10-11H,1-9,15H2. The molecule has 0 amide bonds. The van der Waals surface area contributed by atoms with Gasteiger partial charge in [0.05, 0.1) is 5.54 Å². The third kappa shape index (κ3) is 2.54. The van der Waals surface area contributed by atoms with E-state index in [1.54, 1.807) is 0 Å². The van der Waals surface area contributed by atoms with E-state index in [0.29, 0.717) is 18.9 Å². The zero-order valence-electron chi connectivity index (χ0n) is 9.80. The predicted molar refractivity (Wildman–Crippen MR) is 60.6 cm³/mol. The van der Waals surface area contributed by atoms with Crippen LogP contribution in [0.25, 0.3) is 0 Å². The Bertz CT molecular complexity index is 229. The van der Waals surface area contributed by atoms with Crippen molar-refractivity contribution in [2.45, 2.75) is 63.0 Å². The molecule has 1 heterocycles. The second-order valence-electron chi connectivity index (χ2n) is 5.36. The van der Waals surface area contributed by atoms with E-state index >= 15 is 0 Å². The number of rotatable bonds is 2. The number of likely N-dealkylation sites (tertiary alicyclic amines) is 1. The Morgan fingerprint density at radius 3 is 2.38 bits per heavy atom. The quantitative estimate of drug-likeness (QED) is 0.792. The minimum atomic E-state index is -2.38. The summed E-state index contributed by atoms with van der Waals surface area (Å²) >= 11 is 0. The fraction of sp³-hybridized carbons (Fsp3) is 1.00. The summed E-state index contributed by atoms with van der Waals surface area (Å²) in [4.78, 5) is 2.39. The van der Waals surface area contributed by atoms with Crippen molar-refractivity contribution in [3.8, 4) is 0 Å². The summed E-state index contributed by atoms with van der Waals surface area (Å²) in [6, 6.07) is 0.639. The van der Waals surface area contributed by atoms with Gasteiger partial charge in [-0.15, -0.1) is 0 Å². The van der Waals surface area contributed by atoms with E-state index in [4.69, 9.17) is 5.73 Å². The first-order chi connectivity index (χ1) is 7.62. The summed E-state index contributed by atoms with van der Waals surface area (Å²) in [6.07, 6.45) is 4.43. The summed E-state index contributed by atoms with van der Waals surface area (Å²) in [5, 5.41) is 0.